The van der Waals surface area contributed by atoms with Crippen molar-refractivity contribution in [3.63, 3.8) is 0 Å². The van der Waals surface area contributed by atoms with Gasteiger partial charge in [0.1, 0.15) is 0 Å². The van der Waals surface area contributed by atoms with Crippen molar-refractivity contribution in [2.24, 2.45) is 7.05 Å². The fourth-order valence-electron chi connectivity index (χ4n) is 1.89. The van der Waals surface area contributed by atoms with E-state index in [1.54, 1.807) is 11.6 Å². The Balaban J connectivity index is 2.21. The summed E-state index contributed by atoms with van der Waals surface area (Å²) in [5.41, 5.74) is -0.478. The molecule has 18 heavy (non-hydrogen) atoms. The molecule has 1 aliphatic rings. The summed E-state index contributed by atoms with van der Waals surface area (Å²) in [6, 6.07) is 0. The number of sulfonamides is 1. The van der Waals surface area contributed by atoms with Gasteiger partial charge in [-0.05, 0) is 12.8 Å². The average Bonchev–Trinajstić information content (AvgIpc) is 2.77. The predicted octanol–water partition coefficient (Wildman–Crippen LogP) is 0.642. The van der Waals surface area contributed by atoms with Crippen molar-refractivity contribution >= 4 is 26.0 Å². The molecule has 0 atom stereocenters. The van der Waals surface area contributed by atoms with Crippen LogP contribution >= 0.6 is 15.9 Å². The normalized spacial score (nSPS) is 19.9. The minimum Gasteiger partial charge on any atom is -0.381 e. The summed E-state index contributed by atoms with van der Waals surface area (Å²) in [6.45, 7) is 1.13. The number of rotatable bonds is 4. The number of aromatic nitrogens is 2. The van der Waals surface area contributed by atoms with Gasteiger partial charge >= 0.3 is 0 Å². The third kappa shape index (κ3) is 2.93. The van der Waals surface area contributed by atoms with Crippen LogP contribution in [-0.4, -0.2) is 42.1 Å². The number of nitrogens with zero attached hydrogens (tertiary/aromatic N) is 2. The molecule has 0 amide bonds. The number of halogens is 1. The summed E-state index contributed by atoms with van der Waals surface area (Å²) in [5.74, 6) is 0. The van der Waals surface area contributed by atoms with Crippen molar-refractivity contribution in [3.05, 3.63) is 12.5 Å². The number of nitrogens with one attached hydrogen (secondary N) is 1. The van der Waals surface area contributed by atoms with E-state index >= 15 is 0 Å². The number of ether oxygens (including phenoxy) is 1. The Morgan fingerprint density at radius 1 is 1.56 bits per heavy atom. The zero-order valence-electron chi connectivity index (χ0n) is 10.1. The monoisotopic (exact) mass is 337 g/mol. The molecule has 2 heterocycles. The fraction of sp³-hybridized carbons (Fsp3) is 0.700. The first-order valence-electron chi connectivity index (χ1n) is 5.63. The lowest BCUT2D eigenvalue weighted by Crippen LogP contribution is -2.53. The van der Waals surface area contributed by atoms with Crippen molar-refractivity contribution < 1.29 is 13.2 Å². The van der Waals surface area contributed by atoms with E-state index in [0.29, 0.717) is 31.4 Å². The van der Waals surface area contributed by atoms with E-state index in [2.05, 4.69) is 25.6 Å². The van der Waals surface area contributed by atoms with Gasteiger partial charge < -0.3 is 9.30 Å². The maximum Gasteiger partial charge on any atom is 0.260 e. The molecule has 0 radical (unpaired) electrons. The average molecular weight is 338 g/mol. The largest absolute Gasteiger partial charge is 0.381 e. The summed E-state index contributed by atoms with van der Waals surface area (Å²) in [7, 11) is -1.84. The molecular formula is C10H16BrN3O3S. The van der Waals surface area contributed by atoms with Gasteiger partial charge in [0, 0.05) is 37.3 Å². The molecule has 0 bridgehead atoms. The fourth-order valence-corrected chi connectivity index (χ4v) is 4.22. The number of imidazole rings is 1. The Kier molecular flexibility index (Phi) is 4.10. The molecule has 1 aromatic rings. The van der Waals surface area contributed by atoms with Crippen molar-refractivity contribution in [3.8, 4) is 0 Å². The molecule has 8 heteroatoms. The van der Waals surface area contributed by atoms with Crippen LogP contribution in [0.15, 0.2) is 17.6 Å². The highest BCUT2D eigenvalue weighted by Crippen LogP contribution is 2.25. The first kappa shape index (κ1) is 14.0. The molecule has 1 saturated heterocycles. The lowest BCUT2D eigenvalue weighted by molar-refractivity contribution is 0.0557. The second-order valence-electron chi connectivity index (χ2n) is 4.51. The molecular weight excluding hydrogens is 322 g/mol. The van der Waals surface area contributed by atoms with Crippen LogP contribution in [0.2, 0.25) is 0 Å². The van der Waals surface area contributed by atoms with Gasteiger partial charge in [-0.25, -0.2) is 18.1 Å². The molecule has 0 unspecified atom stereocenters. The van der Waals surface area contributed by atoms with E-state index in [0.717, 1.165) is 0 Å². The summed E-state index contributed by atoms with van der Waals surface area (Å²) in [5, 5.41) is 0.618. The van der Waals surface area contributed by atoms with Crippen molar-refractivity contribution in [1.29, 1.82) is 0 Å². The Morgan fingerprint density at radius 2 is 2.22 bits per heavy atom. The number of aryl methyl sites for hydroxylation is 1. The third-order valence-electron chi connectivity index (χ3n) is 3.01. The van der Waals surface area contributed by atoms with Gasteiger partial charge in [-0.3, -0.25) is 0 Å². The third-order valence-corrected chi connectivity index (χ3v) is 5.55. The maximum atomic E-state index is 12.2. The van der Waals surface area contributed by atoms with Crippen LogP contribution in [0.3, 0.4) is 0 Å². The summed E-state index contributed by atoms with van der Waals surface area (Å²) >= 11 is 3.39. The minimum absolute atomic E-state index is 0.0526. The zero-order valence-corrected chi connectivity index (χ0v) is 12.5. The van der Waals surface area contributed by atoms with Crippen LogP contribution in [0, 0.1) is 0 Å². The van der Waals surface area contributed by atoms with E-state index < -0.39 is 15.6 Å². The Bertz CT molecular complexity index is 508. The van der Waals surface area contributed by atoms with Gasteiger partial charge in [0.05, 0.1) is 6.33 Å². The Labute approximate surface area is 115 Å². The van der Waals surface area contributed by atoms with Crippen LogP contribution < -0.4 is 4.72 Å². The first-order chi connectivity index (χ1) is 8.47. The van der Waals surface area contributed by atoms with Crippen LogP contribution in [0.5, 0.6) is 0 Å². The molecule has 0 saturated carbocycles. The van der Waals surface area contributed by atoms with E-state index in [1.807, 2.05) is 0 Å². The highest BCUT2D eigenvalue weighted by molar-refractivity contribution is 9.09. The van der Waals surface area contributed by atoms with Gasteiger partial charge in [0.15, 0.2) is 5.03 Å². The van der Waals surface area contributed by atoms with Gasteiger partial charge in [-0.2, -0.15) is 0 Å². The predicted molar refractivity (Wildman–Crippen MR) is 70.1 cm³/mol. The SMILES string of the molecule is Cn1cnc(S(=O)(=O)NC2(CBr)CCOCC2)c1. The minimum atomic E-state index is -3.58. The Morgan fingerprint density at radius 3 is 2.72 bits per heavy atom. The highest BCUT2D eigenvalue weighted by atomic mass is 79.9. The quantitative estimate of drug-likeness (QED) is 0.818. The van der Waals surface area contributed by atoms with Gasteiger partial charge in [0.25, 0.3) is 10.0 Å². The molecule has 2 rings (SSSR count). The highest BCUT2D eigenvalue weighted by Gasteiger charge is 2.36. The van der Waals surface area contributed by atoms with Gasteiger partial charge in [0.2, 0.25) is 0 Å². The van der Waals surface area contributed by atoms with Crippen LogP contribution in [0.1, 0.15) is 12.8 Å². The molecule has 0 aliphatic carbocycles. The summed E-state index contributed by atoms with van der Waals surface area (Å²) < 4.78 is 34.1. The standard InChI is InChI=1S/C10H16BrN3O3S/c1-14-6-9(12-8-14)18(15,16)13-10(7-11)2-4-17-5-3-10/h6,8,13H,2-5,7H2,1H3. The van der Waals surface area contributed by atoms with Crippen LogP contribution in [-0.2, 0) is 21.8 Å². The molecule has 6 nitrogen and oxygen atoms in total. The van der Waals surface area contributed by atoms with Crippen molar-refractivity contribution in [2.75, 3.05) is 18.5 Å². The molecule has 0 spiro atoms. The van der Waals surface area contributed by atoms with E-state index in [9.17, 15) is 8.42 Å². The van der Waals surface area contributed by atoms with Crippen LogP contribution in [0.4, 0.5) is 0 Å². The summed E-state index contributed by atoms with van der Waals surface area (Å²) in [4.78, 5) is 3.88. The number of alkyl halides is 1. The number of hydrogen-bond donors (Lipinski definition) is 1. The number of hydrogen-bond acceptors (Lipinski definition) is 4. The zero-order chi connectivity index (χ0) is 13.2. The summed E-state index contributed by atoms with van der Waals surface area (Å²) in [6.07, 6.45) is 4.28. The molecule has 1 N–H and O–H groups in total. The van der Waals surface area contributed by atoms with E-state index in [1.165, 1.54) is 12.5 Å². The maximum absolute atomic E-state index is 12.2. The molecule has 1 aliphatic heterocycles. The Hall–Kier alpha value is -0.440. The van der Waals surface area contributed by atoms with E-state index in [4.69, 9.17) is 4.74 Å². The smallest absolute Gasteiger partial charge is 0.260 e. The molecule has 102 valence electrons. The molecule has 1 fully saturated rings. The van der Waals surface area contributed by atoms with Crippen molar-refractivity contribution in [2.45, 2.75) is 23.4 Å². The van der Waals surface area contributed by atoms with Crippen molar-refractivity contribution in [1.82, 2.24) is 14.3 Å². The first-order valence-corrected chi connectivity index (χ1v) is 8.24. The lowest BCUT2D eigenvalue weighted by atomic mass is 9.94. The molecule has 0 aromatic carbocycles. The second kappa shape index (κ2) is 5.28. The molecule has 1 aromatic heterocycles. The van der Waals surface area contributed by atoms with Gasteiger partial charge in [-0.1, -0.05) is 15.9 Å². The topological polar surface area (TPSA) is 73.2 Å². The van der Waals surface area contributed by atoms with E-state index in [-0.39, 0.29) is 5.03 Å². The van der Waals surface area contributed by atoms with Gasteiger partial charge in [-0.15, -0.1) is 0 Å². The lowest BCUT2D eigenvalue weighted by Gasteiger charge is -2.35. The van der Waals surface area contributed by atoms with Crippen LogP contribution in [0.25, 0.3) is 0 Å². The second-order valence-corrected chi connectivity index (χ2v) is 6.70.